The van der Waals surface area contributed by atoms with E-state index in [2.05, 4.69) is 10.6 Å². The number of likely N-dealkylation sites (N-methyl/N-ethyl adjacent to an activating group) is 1. The quantitative estimate of drug-likeness (QED) is 0.867. The highest BCUT2D eigenvalue weighted by molar-refractivity contribution is 6.31. The molecule has 17 heavy (non-hydrogen) atoms. The molecular weight excluding hydrogens is 236 g/mol. The van der Waals surface area contributed by atoms with E-state index >= 15 is 0 Å². The van der Waals surface area contributed by atoms with E-state index in [0.29, 0.717) is 5.02 Å². The van der Waals surface area contributed by atoms with Crippen LogP contribution in [0.1, 0.15) is 32.4 Å². The summed E-state index contributed by atoms with van der Waals surface area (Å²) >= 11 is 6.08. The largest absolute Gasteiger partial charge is 0.348 e. The molecule has 0 aliphatic rings. The van der Waals surface area contributed by atoms with Crippen LogP contribution in [0, 0.1) is 0 Å². The molecule has 0 saturated heterocycles. The molecule has 4 heteroatoms. The van der Waals surface area contributed by atoms with Crippen molar-refractivity contribution in [2.75, 3.05) is 7.05 Å². The summed E-state index contributed by atoms with van der Waals surface area (Å²) in [5.41, 5.74) is 0.338. The molecule has 0 fully saturated rings. The van der Waals surface area contributed by atoms with Crippen LogP contribution in [0.15, 0.2) is 24.3 Å². The van der Waals surface area contributed by atoms with E-state index in [9.17, 15) is 4.79 Å². The Bertz CT molecular complexity index is 404. The summed E-state index contributed by atoms with van der Waals surface area (Å²) in [5, 5.41) is 6.58. The van der Waals surface area contributed by atoms with Gasteiger partial charge in [-0.05, 0) is 39.4 Å². The number of rotatable bonds is 4. The van der Waals surface area contributed by atoms with E-state index in [1.165, 1.54) is 0 Å². The molecule has 0 bridgehead atoms. The van der Waals surface area contributed by atoms with Crippen molar-refractivity contribution in [1.29, 1.82) is 0 Å². The highest BCUT2D eigenvalue weighted by atomic mass is 35.5. The van der Waals surface area contributed by atoms with E-state index in [4.69, 9.17) is 11.6 Å². The molecule has 2 N–H and O–H groups in total. The summed E-state index contributed by atoms with van der Waals surface area (Å²) in [7, 11) is 1.76. The SMILES string of the molecule is CNC(C)(C)C(=O)NC(C)c1ccccc1Cl. The zero-order valence-corrected chi connectivity index (χ0v) is 11.4. The van der Waals surface area contributed by atoms with Crippen LogP contribution < -0.4 is 10.6 Å². The molecule has 0 aromatic heterocycles. The van der Waals surface area contributed by atoms with Gasteiger partial charge in [-0.15, -0.1) is 0 Å². The van der Waals surface area contributed by atoms with Gasteiger partial charge in [0.2, 0.25) is 5.91 Å². The molecule has 1 atom stereocenters. The topological polar surface area (TPSA) is 41.1 Å². The molecule has 0 aliphatic heterocycles. The van der Waals surface area contributed by atoms with Crippen LogP contribution in [0.25, 0.3) is 0 Å². The lowest BCUT2D eigenvalue weighted by Gasteiger charge is -2.26. The molecule has 0 aliphatic carbocycles. The third kappa shape index (κ3) is 3.45. The third-order valence-corrected chi connectivity index (χ3v) is 3.26. The Morgan fingerprint density at radius 2 is 1.94 bits per heavy atom. The van der Waals surface area contributed by atoms with Gasteiger partial charge in [-0.1, -0.05) is 29.8 Å². The Labute approximate surface area is 108 Å². The van der Waals surface area contributed by atoms with E-state index in [-0.39, 0.29) is 11.9 Å². The summed E-state index contributed by atoms with van der Waals surface area (Å²) < 4.78 is 0. The van der Waals surface area contributed by atoms with Crippen LogP contribution in [0.3, 0.4) is 0 Å². The number of benzene rings is 1. The van der Waals surface area contributed by atoms with Gasteiger partial charge in [0, 0.05) is 5.02 Å². The first-order valence-electron chi connectivity index (χ1n) is 5.63. The van der Waals surface area contributed by atoms with Crippen LogP contribution in [0.5, 0.6) is 0 Å². The second kappa shape index (κ2) is 5.52. The summed E-state index contributed by atoms with van der Waals surface area (Å²) in [6.45, 7) is 5.59. The minimum Gasteiger partial charge on any atom is -0.348 e. The Hall–Kier alpha value is -1.06. The van der Waals surface area contributed by atoms with Gasteiger partial charge in [-0.3, -0.25) is 4.79 Å². The maximum absolute atomic E-state index is 12.0. The molecule has 1 rings (SSSR count). The molecule has 0 spiro atoms. The van der Waals surface area contributed by atoms with Crippen LogP contribution in [-0.2, 0) is 4.79 Å². The Morgan fingerprint density at radius 1 is 1.35 bits per heavy atom. The summed E-state index contributed by atoms with van der Waals surface area (Å²) in [5.74, 6) is -0.0487. The number of hydrogen-bond acceptors (Lipinski definition) is 2. The van der Waals surface area contributed by atoms with E-state index in [1.807, 2.05) is 45.0 Å². The van der Waals surface area contributed by atoms with Crippen LogP contribution in [0.4, 0.5) is 0 Å². The van der Waals surface area contributed by atoms with E-state index in [0.717, 1.165) is 5.56 Å². The van der Waals surface area contributed by atoms with Crippen molar-refractivity contribution in [2.24, 2.45) is 0 Å². The van der Waals surface area contributed by atoms with Crippen LogP contribution >= 0.6 is 11.6 Å². The van der Waals surface area contributed by atoms with Gasteiger partial charge in [0.1, 0.15) is 0 Å². The minimum atomic E-state index is -0.588. The summed E-state index contributed by atoms with van der Waals surface area (Å²) in [6, 6.07) is 7.41. The second-order valence-corrected chi connectivity index (χ2v) is 5.00. The monoisotopic (exact) mass is 254 g/mol. The van der Waals surface area contributed by atoms with Crippen molar-refractivity contribution in [2.45, 2.75) is 32.4 Å². The lowest BCUT2D eigenvalue weighted by atomic mass is 10.0. The Balaban J connectivity index is 2.77. The Morgan fingerprint density at radius 3 is 2.47 bits per heavy atom. The summed E-state index contributed by atoms with van der Waals surface area (Å²) in [4.78, 5) is 12.0. The number of nitrogens with one attached hydrogen (secondary N) is 2. The highest BCUT2D eigenvalue weighted by Crippen LogP contribution is 2.22. The molecular formula is C13H19ClN2O. The number of carbonyl (C=O) groups excluding carboxylic acids is 1. The second-order valence-electron chi connectivity index (χ2n) is 4.59. The van der Waals surface area contributed by atoms with Gasteiger partial charge < -0.3 is 10.6 Å². The third-order valence-electron chi connectivity index (χ3n) is 2.91. The molecule has 1 unspecified atom stereocenters. The number of carbonyl (C=O) groups is 1. The number of amides is 1. The van der Waals surface area contributed by atoms with Crippen molar-refractivity contribution >= 4 is 17.5 Å². The standard InChI is InChI=1S/C13H19ClN2O/c1-9(10-7-5-6-8-11(10)14)16-12(17)13(2,3)15-4/h5-9,15H,1-4H3,(H,16,17). The fourth-order valence-electron chi connectivity index (χ4n) is 1.39. The van der Waals surface area contributed by atoms with Gasteiger partial charge in [0.15, 0.2) is 0 Å². The van der Waals surface area contributed by atoms with Crippen molar-refractivity contribution in [3.63, 3.8) is 0 Å². The number of halogens is 1. The summed E-state index contributed by atoms with van der Waals surface area (Å²) in [6.07, 6.45) is 0. The number of hydrogen-bond donors (Lipinski definition) is 2. The fraction of sp³-hybridized carbons (Fsp3) is 0.462. The fourth-order valence-corrected chi connectivity index (χ4v) is 1.69. The molecule has 1 aromatic rings. The molecule has 1 amide bonds. The molecule has 0 radical (unpaired) electrons. The first-order valence-corrected chi connectivity index (χ1v) is 6.00. The molecule has 94 valence electrons. The van der Waals surface area contributed by atoms with E-state index in [1.54, 1.807) is 7.05 Å². The van der Waals surface area contributed by atoms with Crippen molar-refractivity contribution in [3.05, 3.63) is 34.9 Å². The Kier molecular flexibility index (Phi) is 4.54. The maximum atomic E-state index is 12.0. The predicted molar refractivity (Wildman–Crippen MR) is 71.1 cm³/mol. The molecule has 1 aromatic carbocycles. The lowest BCUT2D eigenvalue weighted by molar-refractivity contribution is -0.126. The average Bonchev–Trinajstić information content (AvgIpc) is 2.29. The van der Waals surface area contributed by atoms with Gasteiger partial charge in [-0.2, -0.15) is 0 Å². The molecule has 0 heterocycles. The van der Waals surface area contributed by atoms with Crippen molar-refractivity contribution < 1.29 is 4.79 Å². The van der Waals surface area contributed by atoms with Gasteiger partial charge in [0.05, 0.1) is 11.6 Å². The van der Waals surface area contributed by atoms with Gasteiger partial charge in [0.25, 0.3) is 0 Å². The van der Waals surface area contributed by atoms with Crippen LogP contribution in [-0.4, -0.2) is 18.5 Å². The normalized spacial score (nSPS) is 13.2. The zero-order chi connectivity index (χ0) is 13.1. The lowest BCUT2D eigenvalue weighted by Crippen LogP contribution is -2.51. The highest BCUT2D eigenvalue weighted by Gasteiger charge is 2.26. The average molecular weight is 255 g/mol. The molecule has 0 saturated carbocycles. The van der Waals surface area contributed by atoms with Crippen molar-refractivity contribution in [3.8, 4) is 0 Å². The molecule has 3 nitrogen and oxygen atoms in total. The zero-order valence-electron chi connectivity index (χ0n) is 10.7. The first-order chi connectivity index (χ1) is 7.88. The van der Waals surface area contributed by atoms with Crippen molar-refractivity contribution in [1.82, 2.24) is 10.6 Å². The smallest absolute Gasteiger partial charge is 0.240 e. The van der Waals surface area contributed by atoms with Crippen LogP contribution in [0.2, 0.25) is 5.02 Å². The van der Waals surface area contributed by atoms with E-state index < -0.39 is 5.54 Å². The first kappa shape index (κ1) is 14.0. The van der Waals surface area contributed by atoms with Gasteiger partial charge in [-0.25, -0.2) is 0 Å². The predicted octanol–water partition coefficient (Wildman–Crippen LogP) is 2.52. The minimum absolute atomic E-state index is 0.0487. The van der Waals surface area contributed by atoms with Gasteiger partial charge >= 0.3 is 0 Å². The maximum Gasteiger partial charge on any atom is 0.240 e.